The van der Waals surface area contributed by atoms with E-state index in [-0.39, 0.29) is 18.1 Å². The third kappa shape index (κ3) is 2.35. The Morgan fingerprint density at radius 2 is 2.10 bits per heavy atom. The lowest BCUT2D eigenvalue weighted by atomic mass is 10.1. The highest BCUT2D eigenvalue weighted by molar-refractivity contribution is 5.96. The van der Waals surface area contributed by atoms with E-state index in [0.717, 1.165) is 0 Å². The Labute approximate surface area is 115 Å². The number of rotatable bonds is 4. The van der Waals surface area contributed by atoms with Crippen LogP contribution in [-0.4, -0.2) is 25.5 Å². The van der Waals surface area contributed by atoms with E-state index in [0.29, 0.717) is 17.2 Å². The highest BCUT2D eigenvalue weighted by Crippen LogP contribution is 2.13. The summed E-state index contributed by atoms with van der Waals surface area (Å²) in [4.78, 5) is 20.4. The van der Waals surface area contributed by atoms with E-state index < -0.39 is 0 Å². The number of aryl methyl sites for hydroxylation is 1. The predicted molar refractivity (Wildman–Crippen MR) is 71.0 cm³/mol. The second kappa shape index (κ2) is 5.08. The van der Waals surface area contributed by atoms with Crippen molar-refractivity contribution in [3.05, 3.63) is 54.2 Å². The van der Waals surface area contributed by atoms with Crippen LogP contribution >= 0.6 is 0 Å². The van der Waals surface area contributed by atoms with Crippen molar-refractivity contribution in [3.63, 3.8) is 0 Å². The number of hydrogen-bond acceptors (Lipinski definition) is 5. The Hall–Kier alpha value is -2.76. The monoisotopic (exact) mass is 268 g/mol. The maximum Gasteiger partial charge on any atom is 0.238 e. The van der Waals surface area contributed by atoms with Crippen molar-refractivity contribution in [3.8, 4) is 11.6 Å². The molecule has 0 fully saturated rings. The maximum atomic E-state index is 12.0. The first-order valence-electron chi connectivity index (χ1n) is 6.12. The van der Waals surface area contributed by atoms with Gasteiger partial charge < -0.3 is 9.09 Å². The normalized spacial score (nSPS) is 10.7. The SMILES string of the molecule is Cn1ccnc1-c1noc(CC(=O)c2ccccc2)n1. The van der Waals surface area contributed by atoms with Crippen LogP contribution in [0.1, 0.15) is 16.2 Å². The van der Waals surface area contributed by atoms with Crippen LogP contribution in [0, 0.1) is 0 Å². The summed E-state index contributed by atoms with van der Waals surface area (Å²) >= 11 is 0. The molecule has 6 nitrogen and oxygen atoms in total. The van der Waals surface area contributed by atoms with Crippen molar-refractivity contribution < 1.29 is 9.32 Å². The largest absolute Gasteiger partial charge is 0.338 e. The van der Waals surface area contributed by atoms with Crippen molar-refractivity contribution in [2.75, 3.05) is 0 Å². The van der Waals surface area contributed by atoms with Gasteiger partial charge in [-0.3, -0.25) is 4.79 Å². The summed E-state index contributed by atoms with van der Waals surface area (Å²) in [5.74, 6) is 1.22. The van der Waals surface area contributed by atoms with E-state index in [1.807, 2.05) is 25.2 Å². The summed E-state index contributed by atoms with van der Waals surface area (Å²) in [5.41, 5.74) is 0.629. The van der Waals surface area contributed by atoms with Crippen LogP contribution in [0.15, 0.2) is 47.2 Å². The first-order valence-corrected chi connectivity index (χ1v) is 6.12. The molecule has 0 unspecified atom stereocenters. The molecule has 6 heteroatoms. The minimum Gasteiger partial charge on any atom is -0.338 e. The molecule has 0 atom stereocenters. The molecule has 0 aliphatic carbocycles. The quantitative estimate of drug-likeness (QED) is 0.675. The van der Waals surface area contributed by atoms with Gasteiger partial charge in [0.05, 0.1) is 6.42 Å². The van der Waals surface area contributed by atoms with Crippen LogP contribution in [0.3, 0.4) is 0 Å². The van der Waals surface area contributed by atoms with Crippen molar-refractivity contribution >= 4 is 5.78 Å². The third-order valence-electron chi connectivity index (χ3n) is 2.90. The van der Waals surface area contributed by atoms with Gasteiger partial charge >= 0.3 is 0 Å². The van der Waals surface area contributed by atoms with Crippen molar-refractivity contribution in [2.45, 2.75) is 6.42 Å². The summed E-state index contributed by atoms with van der Waals surface area (Å²) < 4.78 is 6.89. The molecular weight excluding hydrogens is 256 g/mol. The Balaban J connectivity index is 1.78. The van der Waals surface area contributed by atoms with Gasteiger partial charge in [0.1, 0.15) is 0 Å². The molecule has 0 aliphatic rings. The van der Waals surface area contributed by atoms with Gasteiger partial charge in [-0.1, -0.05) is 35.5 Å². The van der Waals surface area contributed by atoms with E-state index >= 15 is 0 Å². The summed E-state index contributed by atoms with van der Waals surface area (Å²) in [6, 6.07) is 9.03. The van der Waals surface area contributed by atoms with Crippen LogP contribution in [0.25, 0.3) is 11.6 Å². The lowest BCUT2D eigenvalue weighted by Crippen LogP contribution is -2.03. The van der Waals surface area contributed by atoms with Gasteiger partial charge in [0.25, 0.3) is 0 Å². The van der Waals surface area contributed by atoms with E-state index in [1.165, 1.54) is 0 Å². The molecule has 0 spiro atoms. The van der Waals surface area contributed by atoms with E-state index in [9.17, 15) is 4.79 Å². The molecule has 0 saturated carbocycles. The molecule has 3 rings (SSSR count). The number of ketones is 1. The molecule has 2 heterocycles. The van der Waals surface area contributed by atoms with E-state index in [2.05, 4.69) is 15.1 Å². The zero-order chi connectivity index (χ0) is 13.9. The van der Waals surface area contributed by atoms with Crippen molar-refractivity contribution in [1.29, 1.82) is 0 Å². The standard InChI is InChI=1S/C14H12N4O2/c1-18-8-7-15-14(18)13-16-12(20-17-13)9-11(19)10-5-3-2-4-6-10/h2-8H,9H2,1H3. The van der Waals surface area contributed by atoms with E-state index in [1.54, 1.807) is 29.1 Å². The van der Waals surface area contributed by atoms with Crippen LogP contribution < -0.4 is 0 Å². The minimum absolute atomic E-state index is 0.0550. The number of benzene rings is 1. The third-order valence-corrected chi connectivity index (χ3v) is 2.90. The number of carbonyl (C=O) groups is 1. The van der Waals surface area contributed by atoms with Gasteiger partial charge in [0.15, 0.2) is 11.6 Å². The van der Waals surface area contributed by atoms with Crippen molar-refractivity contribution in [2.24, 2.45) is 7.05 Å². The Kier molecular flexibility index (Phi) is 3.12. The molecule has 0 N–H and O–H groups in total. The fourth-order valence-electron chi connectivity index (χ4n) is 1.86. The number of imidazole rings is 1. The zero-order valence-corrected chi connectivity index (χ0v) is 10.9. The minimum atomic E-state index is -0.0550. The topological polar surface area (TPSA) is 73.8 Å². The van der Waals surface area contributed by atoms with Crippen LogP contribution in [0.5, 0.6) is 0 Å². The van der Waals surface area contributed by atoms with Crippen LogP contribution in [0.4, 0.5) is 0 Å². The van der Waals surface area contributed by atoms with Crippen molar-refractivity contribution in [1.82, 2.24) is 19.7 Å². The number of Topliss-reactive ketones (excluding diaryl/α,β-unsaturated/α-hetero) is 1. The zero-order valence-electron chi connectivity index (χ0n) is 10.9. The molecule has 1 aromatic carbocycles. The molecular formula is C14H12N4O2. The van der Waals surface area contributed by atoms with Crippen LogP contribution in [0.2, 0.25) is 0 Å². The second-order valence-corrected chi connectivity index (χ2v) is 4.34. The van der Waals surface area contributed by atoms with E-state index in [4.69, 9.17) is 4.52 Å². The molecule has 3 aromatic rings. The lowest BCUT2D eigenvalue weighted by molar-refractivity contribution is 0.0983. The summed E-state index contributed by atoms with van der Waals surface area (Å²) in [6.45, 7) is 0. The average molecular weight is 268 g/mol. The Bertz CT molecular complexity index is 730. The Morgan fingerprint density at radius 3 is 2.80 bits per heavy atom. The average Bonchev–Trinajstić information content (AvgIpc) is 3.08. The summed E-state index contributed by atoms with van der Waals surface area (Å²) in [5, 5.41) is 3.84. The molecule has 0 aliphatic heterocycles. The molecule has 20 heavy (non-hydrogen) atoms. The predicted octanol–water partition coefficient (Wildman–Crippen LogP) is 1.90. The maximum absolute atomic E-state index is 12.0. The molecule has 2 aromatic heterocycles. The Morgan fingerprint density at radius 1 is 1.30 bits per heavy atom. The fraction of sp³-hybridized carbons (Fsp3) is 0.143. The second-order valence-electron chi connectivity index (χ2n) is 4.34. The smallest absolute Gasteiger partial charge is 0.238 e. The fourth-order valence-corrected chi connectivity index (χ4v) is 1.86. The molecule has 0 amide bonds. The molecule has 0 saturated heterocycles. The number of carbonyl (C=O) groups excluding carboxylic acids is 1. The van der Waals surface area contributed by atoms with Gasteiger partial charge in [-0.15, -0.1) is 0 Å². The lowest BCUT2D eigenvalue weighted by Gasteiger charge is -1.96. The van der Waals surface area contributed by atoms with Crippen LogP contribution in [-0.2, 0) is 13.5 Å². The number of nitrogens with zero attached hydrogens (tertiary/aromatic N) is 4. The number of hydrogen-bond donors (Lipinski definition) is 0. The van der Waals surface area contributed by atoms with Gasteiger partial charge in [0, 0.05) is 25.0 Å². The molecule has 100 valence electrons. The van der Waals surface area contributed by atoms with Gasteiger partial charge in [-0.05, 0) is 0 Å². The highest BCUT2D eigenvalue weighted by Gasteiger charge is 2.15. The summed E-state index contributed by atoms with van der Waals surface area (Å²) in [6.07, 6.45) is 3.53. The first-order chi connectivity index (χ1) is 9.74. The molecule has 0 bridgehead atoms. The van der Waals surface area contributed by atoms with Gasteiger partial charge in [0.2, 0.25) is 11.7 Å². The molecule has 0 radical (unpaired) electrons. The van der Waals surface area contributed by atoms with Gasteiger partial charge in [-0.25, -0.2) is 4.98 Å². The summed E-state index contributed by atoms with van der Waals surface area (Å²) in [7, 11) is 1.84. The highest BCUT2D eigenvalue weighted by atomic mass is 16.5. The van der Waals surface area contributed by atoms with Gasteiger partial charge in [-0.2, -0.15) is 4.98 Å². The first kappa shape index (κ1) is 12.3. The number of aromatic nitrogens is 4.